The first-order chi connectivity index (χ1) is 10.5. The molecule has 0 unspecified atom stereocenters. The van der Waals surface area contributed by atoms with E-state index in [0.717, 1.165) is 5.56 Å². The van der Waals surface area contributed by atoms with Crippen LogP contribution in [0.4, 0.5) is 5.69 Å². The fourth-order valence-corrected chi connectivity index (χ4v) is 2.10. The third-order valence-electron chi connectivity index (χ3n) is 3.00. The number of nitrogens with zero attached hydrogens (tertiary/aromatic N) is 1. The topological polar surface area (TPSA) is 70.8 Å². The average molecular weight is 324 g/mol. The van der Waals surface area contributed by atoms with E-state index in [2.05, 4.69) is 0 Å². The Morgan fingerprint density at radius 1 is 1.09 bits per heavy atom. The van der Waals surface area contributed by atoms with Crippen LogP contribution < -0.4 is 14.2 Å². The van der Waals surface area contributed by atoms with Gasteiger partial charge in [0.15, 0.2) is 0 Å². The van der Waals surface area contributed by atoms with E-state index in [4.69, 9.17) is 25.8 Å². The van der Waals surface area contributed by atoms with Crippen LogP contribution >= 0.6 is 11.6 Å². The van der Waals surface area contributed by atoms with Gasteiger partial charge in [0.2, 0.25) is 0 Å². The molecule has 0 fully saturated rings. The van der Waals surface area contributed by atoms with Gasteiger partial charge >= 0.3 is 0 Å². The highest BCUT2D eigenvalue weighted by molar-refractivity contribution is 6.32. The van der Waals surface area contributed by atoms with Crippen molar-refractivity contribution in [2.24, 2.45) is 0 Å². The van der Waals surface area contributed by atoms with Gasteiger partial charge in [0.05, 0.1) is 24.2 Å². The fourth-order valence-electron chi connectivity index (χ4n) is 1.87. The van der Waals surface area contributed by atoms with Gasteiger partial charge in [-0.25, -0.2) is 0 Å². The van der Waals surface area contributed by atoms with Gasteiger partial charge in [0, 0.05) is 17.7 Å². The Hall–Kier alpha value is -2.47. The van der Waals surface area contributed by atoms with E-state index in [9.17, 15) is 10.1 Å². The van der Waals surface area contributed by atoms with Gasteiger partial charge in [-0.2, -0.15) is 0 Å². The molecule has 2 aromatic rings. The summed E-state index contributed by atoms with van der Waals surface area (Å²) < 4.78 is 16.0. The molecule has 0 aliphatic carbocycles. The van der Waals surface area contributed by atoms with Crippen molar-refractivity contribution in [3.63, 3.8) is 0 Å². The summed E-state index contributed by atoms with van der Waals surface area (Å²) >= 11 is 5.99. The van der Waals surface area contributed by atoms with Crippen molar-refractivity contribution in [1.82, 2.24) is 0 Å². The number of ether oxygens (including phenoxy) is 3. The third kappa shape index (κ3) is 3.59. The Kier molecular flexibility index (Phi) is 5.06. The highest BCUT2D eigenvalue weighted by atomic mass is 35.5. The number of rotatable bonds is 6. The summed E-state index contributed by atoms with van der Waals surface area (Å²) in [4.78, 5) is 10.2. The zero-order valence-electron chi connectivity index (χ0n) is 12.0. The van der Waals surface area contributed by atoms with E-state index in [-0.39, 0.29) is 17.3 Å². The van der Waals surface area contributed by atoms with E-state index in [1.807, 2.05) is 0 Å². The zero-order chi connectivity index (χ0) is 16.1. The smallest absolute Gasteiger partial charge is 0.271 e. The minimum absolute atomic E-state index is 0.0867. The maximum Gasteiger partial charge on any atom is 0.271 e. The van der Waals surface area contributed by atoms with E-state index in [1.165, 1.54) is 18.2 Å². The summed E-state index contributed by atoms with van der Waals surface area (Å²) in [6.07, 6.45) is 0. The minimum Gasteiger partial charge on any atom is -0.497 e. The van der Waals surface area contributed by atoms with E-state index in [0.29, 0.717) is 17.2 Å². The number of hydrogen-bond acceptors (Lipinski definition) is 5. The molecule has 0 saturated heterocycles. The number of nitro groups is 1. The van der Waals surface area contributed by atoms with Crippen LogP contribution in [-0.2, 0) is 6.61 Å². The molecule has 0 N–H and O–H groups in total. The summed E-state index contributed by atoms with van der Waals surface area (Å²) in [5.41, 5.74) is 0.688. The lowest BCUT2D eigenvalue weighted by atomic mass is 10.2. The molecule has 6 nitrogen and oxygen atoms in total. The highest BCUT2D eigenvalue weighted by Crippen LogP contribution is 2.31. The molecular formula is C15H14ClNO5. The molecule has 2 rings (SSSR count). The summed E-state index contributed by atoms with van der Waals surface area (Å²) in [5.74, 6) is 1.69. The number of nitro benzene ring substituents is 1. The van der Waals surface area contributed by atoms with E-state index in [1.54, 1.807) is 32.4 Å². The molecule has 0 saturated carbocycles. The molecule has 0 spiro atoms. The van der Waals surface area contributed by atoms with Crippen molar-refractivity contribution in [3.05, 3.63) is 57.1 Å². The van der Waals surface area contributed by atoms with Gasteiger partial charge in [0.25, 0.3) is 5.69 Å². The van der Waals surface area contributed by atoms with E-state index >= 15 is 0 Å². The second kappa shape index (κ2) is 7.00. The van der Waals surface area contributed by atoms with Gasteiger partial charge in [-0.15, -0.1) is 0 Å². The quantitative estimate of drug-likeness (QED) is 0.596. The summed E-state index contributed by atoms with van der Waals surface area (Å²) in [6, 6.07) is 9.39. The fraction of sp³-hybridized carbons (Fsp3) is 0.200. The second-order valence-electron chi connectivity index (χ2n) is 4.34. The van der Waals surface area contributed by atoms with Crippen LogP contribution in [0, 0.1) is 10.1 Å². The van der Waals surface area contributed by atoms with Crippen molar-refractivity contribution in [1.29, 1.82) is 0 Å². The molecule has 2 aromatic carbocycles. The first kappa shape index (κ1) is 15.9. The molecule has 7 heteroatoms. The normalized spacial score (nSPS) is 10.1. The molecule has 116 valence electrons. The SMILES string of the molecule is COc1ccc(OC)c(COc2ccc([N+](=O)[O-])cc2Cl)c1. The number of benzene rings is 2. The van der Waals surface area contributed by atoms with Crippen LogP contribution in [0.15, 0.2) is 36.4 Å². The van der Waals surface area contributed by atoms with Gasteiger partial charge in [-0.1, -0.05) is 11.6 Å². The minimum atomic E-state index is -0.513. The van der Waals surface area contributed by atoms with Crippen LogP contribution in [0.2, 0.25) is 5.02 Å². The van der Waals surface area contributed by atoms with Crippen molar-refractivity contribution in [3.8, 4) is 17.2 Å². The monoisotopic (exact) mass is 323 g/mol. The maximum atomic E-state index is 10.7. The molecule has 0 aliphatic rings. The molecule has 0 atom stereocenters. The van der Waals surface area contributed by atoms with Crippen LogP contribution in [0.3, 0.4) is 0 Å². The third-order valence-corrected chi connectivity index (χ3v) is 3.29. The molecular weight excluding hydrogens is 310 g/mol. The molecule has 0 aromatic heterocycles. The average Bonchev–Trinajstić information content (AvgIpc) is 2.53. The van der Waals surface area contributed by atoms with Crippen molar-refractivity contribution in [2.45, 2.75) is 6.61 Å². The lowest BCUT2D eigenvalue weighted by Gasteiger charge is -2.12. The number of non-ortho nitro benzene ring substituents is 1. The molecule has 0 heterocycles. The van der Waals surface area contributed by atoms with Crippen LogP contribution in [0.5, 0.6) is 17.2 Å². The summed E-state index contributed by atoms with van der Waals surface area (Å²) in [6.45, 7) is 0.192. The van der Waals surface area contributed by atoms with Crippen molar-refractivity contribution >= 4 is 17.3 Å². The van der Waals surface area contributed by atoms with Gasteiger partial charge in [-0.05, 0) is 24.3 Å². The predicted octanol–water partition coefficient (Wildman–Crippen LogP) is 3.84. The number of halogens is 1. The Morgan fingerprint density at radius 2 is 1.82 bits per heavy atom. The van der Waals surface area contributed by atoms with Crippen molar-refractivity contribution in [2.75, 3.05) is 14.2 Å². The summed E-state index contributed by atoms with van der Waals surface area (Å²) in [5, 5.41) is 10.9. The first-order valence-corrected chi connectivity index (χ1v) is 6.70. The zero-order valence-corrected chi connectivity index (χ0v) is 12.8. The van der Waals surface area contributed by atoms with Crippen LogP contribution in [0.1, 0.15) is 5.56 Å². The highest BCUT2D eigenvalue weighted by Gasteiger charge is 2.12. The number of methoxy groups -OCH3 is 2. The van der Waals surface area contributed by atoms with Crippen molar-refractivity contribution < 1.29 is 19.1 Å². The molecule has 0 aliphatic heterocycles. The van der Waals surface area contributed by atoms with Gasteiger partial charge in [0.1, 0.15) is 23.9 Å². The Bertz CT molecular complexity index is 690. The number of hydrogen-bond donors (Lipinski definition) is 0. The maximum absolute atomic E-state index is 10.7. The Morgan fingerprint density at radius 3 is 2.41 bits per heavy atom. The molecule has 0 bridgehead atoms. The lowest BCUT2D eigenvalue weighted by Crippen LogP contribution is -2.00. The molecule has 22 heavy (non-hydrogen) atoms. The standard InChI is InChI=1S/C15H14ClNO5/c1-20-12-4-6-14(21-2)10(7-12)9-22-15-5-3-11(17(18)19)8-13(15)16/h3-8H,9H2,1-2H3. The van der Waals surface area contributed by atoms with Gasteiger partial charge < -0.3 is 14.2 Å². The largest absolute Gasteiger partial charge is 0.497 e. The molecule has 0 radical (unpaired) electrons. The Labute approximate surface area is 132 Å². The van der Waals surface area contributed by atoms with Crippen LogP contribution in [0.25, 0.3) is 0 Å². The Balaban J connectivity index is 2.18. The van der Waals surface area contributed by atoms with E-state index < -0.39 is 4.92 Å². The molecule has 0 amide bonds. The second-order valence-corrected chi connectivity index (χ2v) is 4.75. The summed E-state index contributed by atoms with van der Waals surface area (Å²) in [7, 11) is 3.13. The predicted molar refractivity (Wildman–Crippen MR) is 82.0 cm³/mol. The first-order valence-electron chi connectivity index (χ1n) is 6.32. The van der Waals surface area contributed by atoms with Crippen LogP contribution in [-0.4, -0.2) is 19.1 Å². The van der Waals surface area contributed by atoms with Gasteiger partial charge in [-0.3, -0.25) is 10.1 Å². The lowest BCUT2D eigenvalue weighted by molar-refractivity contribution is -0.384.